The van der Waals surface area contributed by atoms with E-state index >= 15 is 0 Å². The minimum absolute atomic E-state index is 0.109. The molecule has 19 heavy (non-hydrogen) atoms. The van der Waals surface area contributed by atoms with E-state index in [1.165, 1.54) is 11.8 Å². The molecule has 0 aliphatic carbocycles. The fourth-order valence-corrected chi connectivity index (χ4v) is 2.35. The molecule has 1 rings (SSSR count). The van der Waals surface area contributed by atoms with Gasteiger partial charge >= 0.3 is 0 Å². The van der Waals surface area contributed by atoms with E-state index in [2.05, 4.69) is 5.32 Å². The van der Waals surface area contributed by atoms with Crippen LogP contribution in [-0.4, -0.2) is 29.4 Å². The second kappa shape index (κ2) is 8.72. The molecule has 0 aromatic heterocycles. The lowest BCUT2D eigenvalue weighted by Gasteiger charge is -2.08. The third-order valence-corrected chi connectivity index (χ3v) is 3.71. The Kier molecular flexibility index (Phi) is 7.22. The maximum absolute atomic E-state index is 11.6. The largest absolute Gasteiger partial charge is 0.327 e. The van der Waals surface area contributed by atoms with Crippen molar-refractivity contribution in [1.82, 2.24) is 5.32 Å². The van der Waals surface area contributed by atoms with Crippen LogP contribution in [-0.2, 0) is 16.0 Å². The molecule has 0 saturated carbocycles. The van der Waals surface area contributed by atoms with Gasteiger partial charge in [0.1, 0.15) is 0 Å². The highest BCUT2D eigenvalue weighted by molar-refractivity contribution is 8.00. The molecule has 0 saturated heterocycles. The van der Waals surface area contributed by atoms with Gasteiger partial charge in [-0.05, 0) is 12.0 Å². The number of hydrogen-bond donors (Lipinski definition) is 2. The number of carbonyl (C=O) groups excluding carboxylic acids is 2. The highest BCUT2D eigenvalue weighted by Gasteiger charge is 2.09. The smallest absolute Gasteiger partial charge is 0.236 e. The number of imide groups is 1. The molecule has 3 N–H and O–H groups in total. The number of carbonyl (C=O) groups is 2. The summed E-state index contributed by atoms with van der Waals surface area (Å²) in [6, 6.07) is 9.45. The van der Waals surface area contributed by atoms with Gasteiger partial charge in [0.15, 0.2) is 0 Å². The SMILES string of the molecule is CCC(N)CSCC(=O)NC(=O)Cc1ccccc1. The Morgan fingerprint density at radius 2 is 1.95 bits per heavy atom. The molecule has 1 aromatic rings. The van der Waals surface area contributed by atoms with Gasteiger partial charge in [0.25, 0.3) is 0 Å². The van der Waals surface area contributed by atoms with Crippen molar-refractivity contribution in [1.29, 1.82) is 0 Å². The molecule has 1 unspecified atom stereocenters. The average molecular weight is 280 g/mol. The third-order valence-electron chi connectivity index (χ3n) is 2.58. The topological polar surface area (TPSA) is 72.2 Å². The summed E-state index contributed by atoms with van der Waals surface area (Å²) in [6.45, 7) is 2.01. The zero-order valence-corrected chi connectivity index (χ0v) is 11.9. The first kappa shape index (κ1) is 15.7. The van der Waals surface area contributed by atoms with Gasteiger partial charge in [0, 0.05) is 11.8 Å². The minimum atomic E-state index is -0.267. The molecule has 4 nitrogen and oxygen atoms in total. The van der Waals surface area contributed by atoms with E-state index in [4.69, 9.17) is 5.73 Å². The van der Waals surface area contributed by atoms with E-state index < -0.39 is 0 Å². The second-order valence-corrected chi connectivity index (χ2v) is 5.35. The molecule has 0 aliphatic heterocycles. The molecule has 0 bridgehead atoms. The molecule has 0 heterocycles. The quantitative estimate of drug-likeness (QED) is 0.790. The van der Waals surface area contributed by atoms with E-state index in [-0.39, 0.29) is 30.0 Å². The van der Waals surface area contributed by atoms with Gasteiger partial charge in [0.2, 0.25) is 11.8 Å². The van der Waals surface area contributed by atoms with Crippen LogP contribution >= 0.6 is 11.8 Å². The maximum atomic E-state index is 11.6. The van der Waals surface area contributed by atoms with Gasteiger partial charge < -0.3 is 5.73 Å². The zero-order valence-electron chi connectivity index (χ0n) is 11.1. The van der Waals surface area contributed by atoms with Crippen molar-refractivity contribution in [3.8, 4) is 0 Å². The van der Waals surface area contributed by atoms with Crippen LogP contribution in [0.3, 0.4) is 0 Å². The molecular weight excluding hydrogens is 260 g/mol. The molecule has 0 aliphatic rings. The number of rotatable bonds is 7. The lowest BCUT2D eigenvalue weighted by molar-refractivity contribution is -0.128. The van der Waals surface area contributed by atoms with E-state index in [1.54, 1.807) is 0 Å². The normalized spacial score (nSPS) is 11.9. The van der Waals surface area contributed by atoms with Crippen molar-refractivity contribution >= 4 is 23.6 Å². The Balaban J connectivity index is 2.23. The van der Waals surface area contributed by atoms with Crippen LogP contribution in [0.25, 0.3) is 0 Å². The van der Waals surface area contributed by atoms with Gasteiger partial charge in [-0.15, -0.1) is 0 Å². The van der Waals surface area contributed by atoms with Gasteiger partial charge in [-0.1, -0.05) is 37.3 Å². The van der Waals surface area contributed by atoms with Crippen LogP contribution < -0.4 is 11.1 Å². The first-order valence-electron chi connectivity index (χ1n) is 6.31. The molecule has 104 valence electrons. The maximum Gasteiger partial charge on any atom is 0.236 e. The van der Waals surface area contributed by atoms with Crippen molar-refractivity contribution in [2.45, 2.75) is 25.8 Å². The molecule has 0 radical (unpaired) electrons. The number of benzene rings is 1. The van der Waals surface area contributed by atoms with Crippen molar-refractivity contribution < 1.29 is 9.59 Å². The number of thioether (sulfide) groups is 1. The number of nitrogens with one attached hydrogen (secondary N) is 1. The predicted molar refractivity (Wildman–Crippen MR) is 78.9 cm³/mol. The Hall–Kier alpha value is -1.33. The second-order valence-electron chi connectivity index (χ2n) is 4.32. The average Bonchev–Trinajstić information content (AvgIpc) is 2.39. The summed E-state index contributed by atoms with van der Waals surface area (Å²) < 4.78 is 0. The molecule has 5 heteroatoms. The number of hydrogen-bond acceptors (Lipinski definition) is 4. The fraction of sp³-hybridized carbons (Fsp3) is 0.429. The van der Waals surface area contributed by atoms with Crippen LogP contribution in [0.4, 0.5) is 0 Å². The highest BCUT2D eigenvalue weighted by atomic mass is 32.2. The summed E-state index contributed by atoms with van der Waals surface area (Å²) in [5.74, 6) is 0.483. The van der Waals surface area contributed by atoms with Crippen molar-refractivity contribution in [3.05, 3.63) is 35.9 Å². The monoisotopic (exact) mass is 280 g/mol. The molecule has 0 spiro atoms. The number of amides is 2. The van der Waals surface area contributed by atoms with Gasteiger partial charge in [-0.3, -0.25) is 14.9 Å². The third kappa shape index (κ3) is 6.98. The summed E-state index contributed by atoms with van der Waals surface area (Å²) in [5.41, 5.74) is 6.64. The first-order chi connectivity index (χ1) is 9.11. The van der Waals surface area contributed by atoms with E-state index in [1.807, 2.05) is 37.3 Å². The van der Waals surface area contributed by atoms with Crippen LogP contribution in [0.5, 0.6) is 0 Å². The van der Waals surface area contributed by atoms with Crippen LogP contribution in [0.1, 0.15) is 18.9 Å². The first-order valence-corrected chi connectivity index (χ1v) is 7.47. The zero-order chi connectivity index (χ0) is 14.1. The predicted octanol–water partition coefficient (Wildman–Crippen LogP) is 1.34. The molecule has 0 fully saturated rings. The van der Waals surface area contributed by atoms with Gasteiger partial charge in [-0.2, -0.15) is 11.8 Å². The van der Waals surface area contributed by atoms with Crippen molar-refractivity contribution in [3.63, 3.8) is 0 Å². The molecule has 2 amide bonds. The Morgan fingerprint density at radius 1 is 1.26 bits per heavy atom. The summed E-state index contributed by atoms with van der Waals surface area (Å²) >= 11 is 1.45. The molecule has 1 atom stereocenters. The Morgan fingerprint density at radius 3 is 2.58 bits per heavy atom. The van der Waals surface area contributed by atoms with E-state index in [0.717, 1.165) is 17.7 Å². The van der Waals surface area contributed by atoms with Crippen LogP contribution in [0, 0.1) is 0 Å². The summed E-state index contributed by atoms with van der Waals surface area (Å²) in [4.78, 5) is 23.1. The molecular formula is C14H20N2O2S. The van der Waals surface area contributed by atoms with Crippen molar-refractivity contribution in [2.75, 3.05) is 11.5 Å². The Bertz CT molecular complexity index is 409. The number of nitrogens with two attached hydrogens (primary N) is 1. The summed E-state index contributed by atoms with van der Waals surface area (Å²) in [7, 11) is 0. The fourth-order valence-electron chi connectivity index (χ4n) is 1.44. The van der Waals surface area contributed by atoms with Crippen LogP contribution in [0.15, 0.2) is 30.3 Å². The molecule has 1 aromatic carbocycles. The van der Waals surface area contributed by atoms with E-state index in [0.29, 0.717) is 0 Å². The lowest BCUT2D eigenvalue weighted by Crippen LogP contribution is -2.33. The highest BCUT2D eigenvalue weighted by Crippen LogP contribution is 2.03. The standard InChI is InChI=1S/C14H20N2O2S/c1-2-12(15)9-19-10-14(18)16-13(17)8-11-6-4-3-5-7-11/h3-7,12H,2,8-10,15H2,1H3,(H,16,17,18). The van der Waals surface area contributed by atoms with Gasteiger partial charge in [0.05, 0.1) is 12.2 Å². The lowest BCUT2D eigenvalue weighted by atomic mass is 10.1. The summed E-state index contributed by atoms with van der Waals surface area (Å²) in [5, 5.41) is 2.38. The summed E-state index contributed by atoms with van der Waals surface area (Å²) in [6.07, 6.45) is 1.12. The van der Waals surface area contributed by atoms with E-state index in [9.17, 15) is 9.59 Å². The van der Waals surface area contributed by atoms with Crippen LogP contribution in [0.2, 0.25) is 0 Å². The van der Waals surface area contributed by atoms with Crippen molar-refractivity contribution in [2.24, 2.45) is 5.73 Å². The minimum Gasteiger partial charge on any atom is -0.327 e. The van der Waals surface area contributed by atoms with Gasteiger partial charge in [-0.25, -0.2) is 0 Å². The Labute approximate surface area is 118 Å².